The molecule has 0 aromatic carbocycles. The molecule has 2 rings (SSSR count). The number of aliphatic hydroxyl groups is 1. The first-order chi connectivity index (χ1) is 8.79. The van der Waals surface area contributed by atoms with E-state index in [9.17, 15) is 0 Å². The van der Waals surface area contributed by atoms with Gasteiger partial charge in [-0.05, 0) is 37.8 Å². The highest BCUT2D eigenvalue weighted by Gasteiger charge is 2.18. The van der Waals surface area contributed by atoms with E-state index < -0.39 is 0 Å². The molecule has 1 saturated carbocycles. The van der Waals surface area contributed by atoms with Crippen molar-refractivity contribution < 1.29 is 9.52 Å². The second-order valence-electron chi connectivity index (χ2n) is 5.45. The van der Waals surface area contributed by atoms with Crippen molar-refractivity contribution in [2.75, 3.05) is 0 Å². The maximum absolute atomic E-state index is 8.95. The highest BCUT2D eigenvalue weighted by molar-refractivity contribution is 5.06. The SMILES string of the molecule is C[C@H](NCc1ccc(CO)o1)C1CCCCCC1. The first-order valence-corrected chi connectivity index (χ1v) is 7.21. The van der Waals surface area contributed by atoms with Crippen molar-refractivity contribution in [2.24, 2.45) is 5.92 Å². The van der Waals surface area contributed by atoms with Crippen LogP contribution in [0.2, 0.25) is 0 Å². The monoisotopic (exact) mass is 251 g/mol. The molecule has 0 saturated heterocycles. The smallest absolute Gasteiger partial charge is 0.129 e. The summed E-state index contributed by atoms with van der Waals surface area (Å²) in [5.74, 6) is 2.37. The Labute approximate surface area is 110 Å². The molecule has 1 aliphatic rings. The van der Waals surface area contributed by atoms with Crippen LogP contribution in [0.25, 0.3) is 0 Å². The summed E-state index contributed by atoms with van der Waals surface area (Å²) < 4.78 is 5.48. The van der Waals surface area contributed by atoms with Crippen molar-refractivity contribution in [1.29, 1.82) is 0 Å². The van der Waals surface area contributed by atoms with Crippen LogP contribution in [0, 0.1) is 5.92 Å². The van der Waals surface area contributed by atoms with E-state index in [1.54, 1.807) is 0 Å². The van der Waals surface area contributed by atoms with Crippen LogP contribution in [0.5, 0.6) is 0 Å². The summed E-state index contributed by atoms with van der Waals surface area (Å²) in [5, 5.41) is 12.5. The number of hydrogen-bond donors (Lipinski definition) is 2. The Balaban J connectivity index is 1.77. The van der Waals surface area contributed by atoms with Gasteiger partial charge in [-0.2, -0.15) is 0 Å². The van der Waals surface area contributed by atoms with Crippen molar-refractivity contribution >= 4 is 0 Å². The Hall–Kier alpha value is -0.800. The first kappa shape index (κ1) is 13.6. The van der Waals surface area contributed by atoms with E-state index in [4.69, 9.17) is 9.52 Å². The van der Waals surface area contributed by atoms with E-state index in [0.717, 1.165) is 18.2 Å². The van der Waals surface area contributed by atoms with E-state index in [0.29, 0.717) is 11.8 Å². The van der Waals surface area contributed by atoms with Crippen molar-refractivity contribution in [2.45, 2.75) is 64.6 Å². The van der Waals surface area contributed by atoms with Gasteiger partial charge in [0.15, 0.2) is 0 Å². The largest absolute Gasteiger partial charge is 0.462 e. The molecule has 0 aliphatic heterocycles. The first-order valence-electron chi connectivity index (χ1n) is 7.21. The van der Waals surface area contributed by atoms with Gasteiger partial charge in [0.25, 0.3) is 0 Å². The van der Waals surface area contributed by atoms with E-state index in [1.807, 2.05) is 12.1 Å². The summed E-state index contributed by atoms with van der Waals surface area (Å²) >= 11 is 0. The fraction of sp³-hybridized carbons (Fsp3) is 0.733. The van der Waals surface area contributed by atoms with Gasteiger partial charge < -0.3 is 14.8 Å². The van der Waals surface area contributed by atoms with E-state index in [2.05, 4.69) is 12.2 Å². The summed E-state index contributed by atoms with van der Waals surface area (Å²) in [7, 11) is 0. The summed E-state index contributed by atoms with van der Waals surface area (Å²) in [4.78, 5) is 0. The number of aliphatic hydroxyl groups excluding tert-OH is 1. The second kappa shape index (κ2) is 6.95. The zero-order valence-electron chi connectivity index (χ0n) is 11.3. The van der Waals surface area contributed by atoms with E-state index in [1.165, 1.54) is 38.5 Å². The van der Waals surface area contributed by atoms with Crippen molar-refractivity contribution in [3.63, 3.8) is 0 Å². The van der Waals surface area contributed by atoms with Gasteiger partial charge in [-0.25, -0.2) is 0 Å². The molecule has 3 heteroatoms. The molecule has 1 aliphatic carbocycles. The highest BCUT2D eigenvalue weighted by atomic mass is 16.4. The van der Waals surface area contributed by atoms with Gasteiger partial charge in [0.2, 0.25) is 0 Å². The standard InChI is InChI=1S/C15H25NO2/c1-12(13-6-4-2-3-5-7-13)16-10-14-8-9-15(11-17)18-14/h8-9,12-13,16-17H,2-7,10-11H2,1H3/t12-/m0/s1. The van der Waals surface area contributed by atoms with Crippen LogP contribution in [0.3, 0.4) is 0 Å². The van der Waals surface area contributed by atoms with Crippen LogP contribution < -0.4 is 5.32 Å². The fourth-order valence-electron chi connectivity index (χ4n) is 2.84. The number of nitrogens with one attached hydrogen (secondary N) is 1. The van der Waals surface area contributed by atoms with Gasteiger partial charge in [0.1, 0.15) is 18.1 Å². The molecular formula is C15H25NO2. The van der Waals surface area contributed by atoms with Crippen LogP contribution >= 0.6 is 0 Å². The summed E-state index contributed by atoms with van der Waals surface area (Å²) in [6.45, 7) is 3.03. The van der Waals surface area contributed by atoms with Crippen LogP contribution in [0.1, 0.15) is 57.0 Å². The van der Waals surface area contributed by atoms with E-state index >= 15 is 0 Å². The van der Waals surface area contributed by atoms with Gasteiger partial charge in [-0.1, -0.05) is 25.7 Å². The molecule has 0 spiro atoms. The molecule has 102 valence electrons. The molecule has 0 radical (unpaired) electrons. The lowest BCUT2D eigenvalue weighted by molar-refractivity contribution is 0.241. The fourth-order valence-corrected chi connectivity index (χ4v) is 2.84. The summed E-state index contributed by atoms with van der Waals surface area (Å²) in [6.07, 6.45) is 8.28. The molecule has 1 heterocycles. The number of hydrogen-bond acceptors (Lipinski definition) is 3. The molecule has 0 unspecified atom stereocenters. The van der Waals surface area contributed by atoms with Gasteiger partial charge in [0.05, 0.1) is 6.54 Å². The van der Waals surface area contributed by atoms with Gasteiger partial charge in [-0.3, -0.25) is 0 Å². The lowest BCUT2D eigenvalue weighted by Gasteiger charge is -2.23. The maximum atomic E-state index is 8.95. The third-order valence-corrected chi connectivity index (χ3v) is 4.08. The Kier molecular flexibility index (Phi) is 5.26. The molecule has 1 fully saturated rings. The highest BCUT2D eigenvalue weighted by Crippen LogP contribution is 2.25. The van der Waals surface area contributed by atoms with Crippen molar-refractivity contribution in [1.82, 2.24) is 5.32 Å². The predicted octanol–water partition coefficient (Wildman–Crippen LogP) is 3.22. The van der Waals surface area contributed by atoms with Crippen LogP contribution in [-0.4, -0.2) is 11.1 Å². The Morgan fingerprint density at radius 1 is 1.22 bits per heavy atom. The van der Waals surface area contributed by atoms with Gasteiger partial charge >= 0.3 is 0 Å². The summed E-state index contributed by atoms with van der Waals surface area (Å²) in [5.41, 5.74) is 0. The third kappa shape index (κ3) is 3.85. The van der Waals surface area contributed by atoms with Gasteiger partial charge in [-0.15, -0.1) is 0 Å². The lowest BCUT2D eigenvalue weighted by Crippen LogP contribution is -2.32. The average molecular weight is 251 g/mol. The molecule has 0 amide bonds. The van der Waals surface area contributed by atoms with Crippen LogP contribution in [-0.2, 0) is 13.2 Å². The minimum atomic E-state index is -0.0157. The average Bonchev–Trinajstić information content (AvgIpc) is 2.68. The molecule has 1 aromatic heterocycles. The minimum absolute atomic E-state index is 0.0157. The predicted molar refractivity (Wildman–Crippen MR) is 72.1 cm³/mol. The quantitative estimate of drug-likeness (QED) is 0.790. The molecular weight excluding hydrogens is 226 g/mol. The Morgan fingerprint density at radius 3 is 2.50 bits per heavy atom. The topological polar surface area (TPSA) is 45.4 Å². The van der Waals surface area contributed by atoms with Crippen LogP contribution in [0.15, 0.2) is 16.5 Å². The zero-order chi connectivity index (χ0) is 12.8. The minimum Gasteiger partial charge on any atom is -0.462 e. The normalized spacial score (nSPS) is 19.7. The molecule has 3 nitrogen and oxygen atoms in total. The maximum Gasteiger partial charge on any atom is 0.129 e. The molecule has 18 heavy (non-hydrogen) atoms. The summed E-state index contributed by atoms with van der Waals surface area (Å²) in [6, 6.07) is 4.33. The number of rotatable bonds is 5. The molecule has 0 bridgehead atoms. The molecule has 1 atom stereocenters. The number of furan rings is 1. The van der Waals surface area contributed by atoms with E-state index in [-0.39, 0.29) is 6.61 Å². The lowest BCUT2D eigenvalue weighted by atomic mass is 9.93. The van der Waals surface area contributed by atoms with Gasteiger partial charge in [0, 0.05) is 6.04 Å². The zero-order valence-corrected chi connectivity index (χ0v) is 11.3. The van der Waals surface area contributed by atoms with Crippen molar-refractivity contribution in [3.8, 4) is 0 Å². The Morgan fingerprint density at radius 2 is 1.89 bits per heavy atom. The van der Waals surface area contributed by atoms with Crippen molar-refractivity contribution in [3.05, 3.63) is 23.7 Å². The second-order valence-corrected chi connectivity index (χ2v) is 5.45. The third-order valence-electron chi connectivity index (χ3n) is 4.08. The Bertz CT molecular complexity index is 340. The molecule has 1 aromatic rings. The van der Waals surface area contributed by atoms with Crippen LogP contribution in [0.4, 0.5) is 0 Å². The molecule has 2 N–H and O–H groups in total.